The van der Waals surface area contributed by atoms with E-state index >= 15 is 0 Å². The van der Waals surface area contributed by atoms with Gasteiger partial charge in [0.1, 0.15) is 0 Å². The molecule has 0 saturated carbocycles. The minimum absolute atomic E-state index is 0.0674. The fraction of sp³-hybridized carbons (Fsp3) is 0.529. The van der Waals surface area contributed by atoms with E-state index in [2.05, 4.69) is 19.2 Å². The standard InChI is InChI=1S/C17H26N2OS/c1-4-12(2)10-13(3)19-17(20)15(16(18)21)11-14-8-6-5-7-9-14/h5-9,12-13,15H,4,10-11H2,1-3H3,(H2,18,21)(H,19,20). The van der Waals surface area contributed by atoms with E-state index in [1.54, 1.807) is 0 Å². The van der Waals surface area contributed by atoms with Gasteiger partial charge < -0.3 is 11.1 Å². The highest BCUT2D eigenvalue weighted by Gasteiger charge is 2.23. The molecule has 4 heteroatoms. The molecule has 0 bridgehead atoms. The molecular weight excluding hydrogens is 280 g/mol. The van der Waals surface area contributed by atoms with E-state index < -0.39 is 5.92 Å². The van der Waals surface area contributed by atoms with Crippen molar-refractivity contribution in [3.8, 4) is 0 Å². The zero-order valence-electron chi connectivity index (χ0n) is 13.1. The molecule has 1 aromatic rings. The molecule has 3 nitrogen and oxygen atoms in total. The zero-order valence-corrected chi connectivity index (χ0v) is 14.0. The topological polar surface area (TPSA) is 55.1 Å². The maximum Gasteiger partial charge on any atom is 0.230 e. The summed E-state index contributed by atoms with van der Waals surface area (Å²) in [6.45, 7) is 6.38. The average molecular weight is 306 g/mol. The fourth-order valence-corrected chi connectivity index (χ4v) is 2.54. The number of carbonyl (C=O) groups is 1. The quantitative estimate of drug-likeness (QED) is 0.726. The van der Waals surface area contributed by atoms with Crippen molar-refractivity contribution >= 4 is 23.1 Å². The summed E-state index contributed by atoms with van der Waals surface area (Å²) in [5, 5.41) is 3.04. The van der Waals surface area contributed by atoms with Crippen LogP contribution in [0.15, 0.2) is 30.3 Å². The smallest absolute Gasteiger partial charge is 0.230 e. The Labute approximate surface area is 133 Å². The summed E-state index contributed by atoms with van der Waals surface area (Å²) in [7, 11) is 0. The lowest BCUT2D eigenvalue weighted by Gasteiger charge is -2.21. The molecule has 0 radical (unpaired) electrons. The summed E-state index contributed by atoms with van der Waals surface area (Å²) >= 11 is 5.07. The number of amides is 1. The minimum Gasteiger partial charge on any atom is -0.393 e. The van der Waals surface area contributed by atoms with E-state index in [4.69, 9.17) is 18.0 Å². The lowest BCUT2D eigenvalue weighted by atomic mass is 9.96. The van der Waals surface area contributed by atoms with E-state index in [-0.39, 0.29) is 16.9 Å². The van der Waals surface area contributed by atoms with Gasteiger partial charge in [-0.3, -0.25) is 4.79 Å². The number of rotatable bonds is 8. The first-order valence-electron chi connectivity index (χ1n) is 7.57. The van der Waals surface area contributed by atoms with Gasteiger partial charge >= 0.3 is 0 Å². The van der Waals surface area contributed by atoms with Crippen molar-refractivity contribution in [2.24, 2.45) is 17.6 Å². The summed E-state index contributed by atoms with van der Waals surface area (Å²) < 4.78 is 0. The molecule has 0 saturated heterocycles. The van der Waals surface area contributed by atoms with Gasteiger partial charge in [0.05, 0.1) is 10.9 Å². The Bertz CT molecular complexity index is 461. The van der Waals surface area contributed by atoms with Gasteiger partial charge in [0.15, 0.2) is 0 Å². The summed E-state index contributed by atoms with van der Waals surface area (Å²) in [5.41, 5.74) is 6.83. The van der Waals surface area contributed by atoms with Gasteiger partial charge in [-0.25, -0.2) is 0 Å². The van der Waals surface area contributed by atoms with Crippen molar-refractivity contribution in [1.29, 1.82) is 0 Å². The second kappa shape index (κ2) is 8.78. The third-order valence-corrected chi connectivity index (χ3v) is 4.07. The van der Waals surface area contributed by atoms with E-state index in [1.165, 1.54) is 0 Å². The molecule has 3 unspecified atom stereocenters. The van der Waals surface area contributed by atoms with Gasteiger partial charge in [0.25, 0.3) is 0 Å². The van der Waals surface area contributed by atoms with Gasteiger partial charge in [-0.1, -0.05) is 62.8 Å². The van der Waals surface area contributed by atoms with Crippen molar-refractivity contribution in [3.05, 3.63) is 35.9 Å². The van der Waals surface area contributed by atoms with E-state index in [9.17, 15) is 4.79 Å². The third-order valence-electron chi connectivity index (χ3n) is 3.78. The molecule has 0 aliphatic heterocycles. The molecule has 21 heavy (non-hydrogen) atoms. The number of benzene rings is 1. The Hall–Kier alpha value is -1.42. The number of hydrogen-bond acceptors (Lipinski definition) is 2. The predicted octanol–water partition coefficient (Wildman–Crippen LogP) is 3.07. The SMILES string of the molecule is CCC(C)CC(C)NC(=O)C(Cc1ccccc1)C(N)=S. The van der Waals surface area contributed by atoms with E-state index in [1.807, 2.05) is 37.3 Å². The molecule has 1 amide bonds. The fourth-order valence-electron chi connectivity index (χ4n) is 2.34. The third kappa shape index (κ3) is 6.25. The van der Waals surface area contributed by atoms with Gasteiger partial charge in [-0.15, -0.1) is 0 Å². The first-order chi connectivity index (χ1) is 9.93. The van der Waals surface area contributed by atoms with Gasteiger partial charge in [0.2, 0.25) is 5.91 Å². The second-order valence-electron chi connectivity index (χ2n) is 5.80. The monoisotopic (exact) mass is 306 g/mol. The zero-order chi connectivity index (χ0) is 15.8. The van der Waals surface area contributed by atoms with Crippen LogP contribution in [0.5, 0.6) is 0 Å². The maximum absolute atomic E-state index is 12.4. The van der Waals surface area contributed by atoms with Gasteiger partial charge in [-0.05, 0) is 31.2 Å². The maximum atomic E-state index is 12.4. The Balaban J connectivity index is 2.64. The number of thiocarbonyl (C=S) groups is 1. The molecule has 0 aliphatic rings. The van der Waals surface area contributed by atoms with Crippen molar-refractivity contribution in [2.75, 3.05) is 0 Å². The highest BCUT2D eigenvalue weighted by atomic mass is 32.1. The van der Waals surface area contributed by atoms with Crippen LogP contribution in [-0.2, 0) is 11.2 Å². The van der Waals surface area contributed by atoms with Crippen LogP contribution in [-0.4, -0.2) is 16.9 Å². The summed E-state index contributed by atoms with van der Waals surface area (Å²) in [4.78, 5) is 12.6. The summed E-state index contributed by atoms with van der Waals surface area (Å²) in [6, 6.07) is 9.97. The number of hydrogen-bond donors (Lipinski definition) is 2. The Morgan fingerprint density at radius 1 is 1.29 bits per heavy atom. The van der Waals surface area contributed by atoms with Gasteiger partial charge in [0, 0.05) is 6.04 Å². The largest absolute Gasteiger partial charge is 0.393 e. The van der Waals surface area contributed by atoms with Crippen LogP contribution in [0.1, 0.15) is 39.2 Å². The summed E-state index contributed by atoms with van der Waals surface area (Å²) in [5.74, 6) is 0.0849. The Morgan fingerprint density at radius 3 is 2.43 bits per heavy atom. The molecule has 1 rings (SSSR count). The Morgan fingerprint density at radius 2 is 1.90 bits per heavy atom. The van der Waals surface area contributed by atoms with Crippen molar-refractivity contribution in [1.82, 2.24) is 5.32 Å². The van der Waals surface area contributed by atoms with Crippen LogP contribution in [0, 0.1) is 11.8 Å². The molecule has 1 aromatic carbocycles. The predicted molar refractivity (Wildman–Crippen MR) is 92.1 cm³/mol. The number of carbonyl (C=O) groups excluding carboxylic acids is 1. The second-order valence-corrected chi connectivity index (χ2v) is 6.27. The molecule has 0 aliphatic carbocycles. The van der Waals surface area contributed by atoms with Crippen molar-refractivity contribution < 1.29 is 4.79 Å². The van der Waals surface area contributed by atoms with Crippen LogP contribution in [0.2, 0.25) is 0 Å². The number of nitrogens with two attached hydrogens (primary N) is 1. The molecule has 0 spiro atoms. The molecule has 0 heterocycles. The first-order valence-corrected chi connectivity index (χ1v) is 7.98. The lowest BCUT2D eigenvalue weighted by molar-refractivity contribution is -0.123. The van der Waals surface area contributed by atoms with Crippen LogP contribution < -0.4 is 11.1 Å². The molecule has 116 valence electrons. The highest BCUT2D eigenvalue weighted by Crippen LogP contribution is 2.13. The normalized spacial score (nSPS) is 15.0. The average Bonchev–Trinajstić information content (AvgIpc) is 2.45. The molecule has 3 atom stereocenters. The number of nitrogens with one attached hydrogen (secondary N) is 1. The van der Waals surface area contributed by atoms with E-state index in [0.29, 0.717) is 12.3 Å². The Kier molecular flexibility index (Phi) is 7.37. The van der Waals surface area contributed by atoms with Crippen LogP contribution in [0.4, 0.5) is 0 Å². The van der Waals surface area contributed by atoms with E-state index in [0.717, 1.165) is 18.4 Å². The van der Waals surface area contributed by atoms with Crippen LogP contribution in [0.25, 0.3) is 0 Å². The first kappa shape index (κ1) is 17.6. The van der Waals surface area contributed by atoms with Gasteiger partial charge in [-0.2, -0.15) is 0 Å². The minimum atomic E-state index is -0.443. The van der Waals surface area contributed by atoms with Crippen molar-refractivity contribution in [2.45, 2.75) is 46.1 Å². The van der Waals surface area contributed by atoms with Crippen LogP contribution in [0.3, 0.4) is 0 Å². The summed E-state index contributed by atoms with van der Waals surface area (Å²) in [6.07, 6.45) is 2.64. The van der Waals surface area contributed by atoms with Crippen molar-refractivity contribution in [3.63, 3.8) is 0 Å². The highest BCUT2D eigenvalue weighted by molar-refractivity contribution is 7.80. The molecule has 0 fully saturated rings. The van der Waals surface area contributed by atoms with Crippen LogP contribution >= 0.6 is 12.2 Å². The molecular formula is C17H26N2OS. The lowest BCUT2D eigenvalue weighted by Crippen LogP contribution is -2.43. The molecule has 3 N–H and O–H groups in total. The molecule has 0 aromatic heterocycles.